The lowest BCUT2D eigenvalue weighted by atomic mass is 9.97. The number of amides is 1. The van der Waals surface area contributed by atoms with Gasteiger partial charge in [-0.25, -0.2) is 4.98 Å². The zero-order valence-electron chi connectivity index (χ0n) is 20.9. The van der Waals surface area contributed by atoms with Crippen LogP contribution in [-0.4, -0.2) is 44.2 Å². The first-order valence-electron chi connectivity index (χ1n) is 11.4. The topological polar surface area (TPSA) is 78.0 Å². The van der Waals surface area contributed by atoms with Gasteiger partial charge in [-0.2, -0.15) is 0 Å². The predicted octanol–water partition coefficient (Wildman–Crippen LogP) is 5.47. The summed E-state index contributed by atoms with van der Waals surface area (Å²) in [5.74, 6) is 0.245. The van der Waals surface area contributed by atoms with Gasteiger partial charge in [-0.1, -0.05) is 30.9 Å². The number of allylic oxidation sites excluding steroid dienone is 4. The number of rotatable bonds is 9. The van der Waals surface area contributed by atoms with E-state index in [2.05, 4.69) is 6.58 Å². The summed E-state index contributed by atoms with van der Waals surface area (Å²) in [7, 11) is 3.16. The number of aromatic nitrogens is 1. The first-order chi connectivity index (χ1) is 16.7. The molecule has 8 heteroatoms. The van der Waals surface area contributed by atoms with Crippen molar-refractivity contribution in [3.05, 3.63) is 64.7 Å². The minimum atomic E-state index is -0.648. The van der Waals surface area contributed by atoms with Crippen LogP contribution in [0.2, 0.25) is 0 Å². The van der Waals surface area contributed by atoms with E-state index in [4.69, 9.17) is 19.2 Å². The molecule has 7 nitrogen and oxygen atoms in total. The number of methoxy groups -OCH3 is 2. The maximum absolute atomic E-state index is 13.4. The molecule has 2 aromatic rings. The monoisotopic (exact) mass is 496 g/mol. The fourth-order valence-electron chi connectivity index (χ4n) is 3.42. The minimum Gasteiger partial charge on any atom is -0.493 e. The standard InChI is InChI=1S/C27H32N2O5S/c1-7-10-18(11-8-9-16-32-5)24-28-20-14-15-29(25(30)23(20)35-24)19-12-13-21(22(17-19)33-6)34-26(31)27(2,3)4/h7-10,12-13,17H,1,11,14-16H2,2-6H3/b9-8-,18-10+. The highest BCUT2D eigenvalue weighted by molar-refractivity contribution is 7.15. The Morgan fingerprint density at radius 2 is 2.00 bits per heavy atom. The Hall–Kier alpha value is -3.23. The van der Waals surface area contributed by atoms with Gasteiger partial charge in [-0.3, -0.25) is 9.59 Å². The molecule has 0 bridgehead atoms. The third-order valence-corrected chi connectivity index (χ3v) is 6.51. The van der Waals surface area contributed by atoms with Gasteiger partial charge >= 0.3 is 5.97 Å². The zero-order chi connectivity index (χ0) is 25.6. The SMILES string of the molecule is C=C/C=C(\C/C=C\COC)c1nc2c(s1)C(=O)N(c1ccc(OC(=O)C(C)(C)C)c(OC)c1)CC2. The molecule has 0 atom stereocenters. The normalized spacial score (nSPS) is 14.3. The van der Waals surface area contributed by atoms with E-state index in [1.165, 1.54) is 18.4 Å². The van der Waals surface area contributed by atoms with Gasteiger partial charge in [0.15, 0.2) is 11.5 Å². The van der Waals surface area contributed by atoms with Crippen LogP contribution in [0, 0.1) is 5.41 Å². The maximum Gasteiger partial charge on any atom is 0.316 e. The van der Waals surface area contributed by atoms with Crippen LogP contribution in [0.5, 0.6) is 11.5 Å². The van der Waals surface area contributed by atoms with Gasteiger partial charge in [0.1, 0.15) is 9.88 Å². The molecule has 2 heterocycles. The number of thiazole rings is 1. The first-order valence-corrected chi connectivity index (χ1v) is 12.2. The highest BCUT2D eigenvalue weighted by atomic mass is 32.1. The highest BCUT2D eigenvalue weighted by Gasteiger charge is 2.31. The van der Waals surface area contributed by atoms with E-state index in [1.807, 2.05) is 18.2 Å². The number of hydrogen-bond acceptors (Lipinski definition) is 7. The van der Waals surface area contributed by atoms with Crippen LogP contribution in [0.4, 0.5) is 5.69 Å². The van der Waals surface area contributed by atoms with Crippen molar-refractivity contribution in [3.8, 4) is 11.5 Å². The molecule has 0 saturated carbocycles. The molecule has 1 aliphatic rings. The van der Waals surface area contributed by atoms with E-state index in [0.717, 1.165) is 16.3 Å². The summed E-state index contributed by atoms with van der Waals surface area (Å²) in [6.45, 7) is 10.2. The lowest BCUT2D eigenvalue weighted by Gasteiger charge is -2.27. The number of carbonyl (C=O) groups excluding carboxylic acids is 2. The lowest BCUT2D eigenvalue weighted by Crippen LogP contribution is -2.36. The van der Waals surface area contributed by atoms with E-state index in [1.54, 1.807) is 57.1 Å². The van der Waals surface area contributed by atoms with Crippen LogP contribution in [0.3, 0.4) is 0 Å². The van der Waals surface area contributed by atoms with Gasteiger partial charge in [0.05, 0.1) is 24.8 Å². The van der Waals surface area contributed by atoms with Crippen LogP contribution in [0.15, 0.2) is 49.1 Å². The smallest absolute Gasteiger partial charge is 0.316 e. The highest BCUT2D eigenvalue weighted by Crippen LogP contribution is 2.37. The average molecular weight is 497 g/mol. The molecule has 35 heavy (non-hydrogen) atoms. The van der Waals surface area contributed by atoms with E-state index in [9.17, 15) is 9.59 Å². The van der Waals surface area contributed by atoms with Crippen molar-refractivity contribution < 1.29 is 23.8 Å². The second-order valence-corrected chi connectivity index (χ2v) is 10.0. The molecule has 186 valence electrons. The van der Waals surface area contributed by atoms with E-state index >= 15 is 0 Å². The van der Waals surface area contributed by atoms with Crippen molar-refractivity contribution in [1.82, 2.24) is 4.98 Å². The number of benzene rings is 1. The predicted molar refractivity (Wildman–Crippen MR) is 139 cm³/mol. The lowest BCUT2D eigenvalue weighted by molar-refractivity contribution is -0.143. The number of carbonyl (C=O) groups is 2. The molecule has 0 spiro atoms. The summed E-state index contributed by atoms with van der Waals surface area (Å²) in [5.41, 5.74) is 1.83. The Morgan fingerprint density at radius 3 is 2.66 bits per heavy atom. The van der Waals surface area contributed by atoms with Crippen molar-refractivity contribution >= 4 is 34.5 Å². The third kappa shape index (κ3) is 6.26. The van der Waals surface area contributed by atoms with Crippen LogP contribution < -0.4 is 14.4 Å². The summed E-state index contributed by atoms with van der Waals surface area (Å²) < 4.78 is 16.0. The number of anilines is 1. The molecule has 1 aliphatic heterocycles. The summed E-state index contributed by atoms with van der Waals surface area (Å²) >= 11 is 1.39. The molecule has 0 N–H and O–H groups in total. The zero-order valence-corrected chi connectivity index (χ0v) is 21.7. The Labute approximate surface area is 210 Å². The Bertz CT molecular complexity index is 1160. The third-order valence-electron chi connectivity index (χ3n) is 5.34. The molecule has 0 aliphatic carbocycles. The fraction of sp³-hybridized carbons (Fsp3) is 0.370. The molecule has 0 fully saturated rings. The van der Waals surface area contributed by atoms with Crippen LogP contribution in [-0.2, 0) is 16.0 Å². The van der Waals surface area contributed by atoms with Crippen molar-refractivity contribution in [2.75, 3.05) is 32.3 Å². The van der Waals surface area contributed by atoms with Crippen LogP contribution in [0.1, 0.15) is 47.6 Å². The molecule has 1 amide bonds. The molecule has 1 aromatic carbocycles. The first kappa shape index (κ1) is 26.4. The number of ether oxygens (including phenoxy) is 3. The Kier molecular flexibility index (Phi) is 8.64. The number of fused-ring (bicyclic) bond motifs is 1. The molecule has 1 aromatic heterocycles. The minimum absolute atomic E-state index is 0.107. The summed E-state index contributed by atoms with van der Waals surface area (Å²) in [6, 6.07) is 5.15. The second-order valence-electron chi connectivity index (χ2n) is 9.03. The molecule has 3 rings (SSSR count). The number of nitrogens with zero attached hydrogens (tertiary/aromatic N) is 2. The molecular formula is C27H32N2O5S. The van der Waals surface area contributed by atoms with Crippen molar-refractivity contribution in [2.45, 2.75) is 33.6 Å². The van der Waals surface area contributed by atoms with Crippen molar-refractivity contribution in [1.29, 1.82) is 0 Å². The van der Waals surface area contributed by atoms with Gasteiger partial charge in [0, 0.05) is 31.8 Å². The summed E-state index contributed by atoms with van der Waals surface area (Å²) in [4.78, 5) is 32.8. The Morgan fingerprint density at radius 1 is 1.23 bits per heavy atom. The molecular weight excluding hydrogens is 464 g/mol. The molecule has 0 unspecified atom stereocenters. The molecule has 0 radical (unpaired) electrons. The quantitative estimate of drug-likeness (QED) is 0.198. The van der Waals surface area contributed by atoms with Gasteiger partial charge in [-0.05, 0) is 44.9 Å². The van der Waals surface area contributed by atoms with E-state index in [-0.39, 0.29) is 11.9 Å². The summed E-state index contributed by atoms with van der Waals surface area (Å²) in [5, 5.41) is 0.814. The number of hydrogen-bond donors (Lipinski definition) is 0. The maximum atomic E-state index is 13.4. The average Bonchev–Trinajstić information content (AvgIpc) is 3.26. The van der Waals surface area contributed by atoms with Crippen molar-refractivity contribution in [2.24, 2.45) is 5.41 Å². The van der Waals surface area contributed by atoms with Crippen LogP contribution in [0.25, 0.3) is 5.57 Å². The van der Waals surface area contributed by atoms with Gasteiger partial charge in [0.2, 0.25) is 0 Å². The van der Waals surface area contributed by atoms with Gasteiger partial charge in [0.25, 0.3) is 5.91 Å². The van der Waals surface area contributed by atoms with Gasteiger partial charge < -0.3 is 19.1 Å². The van der Waals surface area contributed by atoms with E-state index in [0.29, 0.717) is 48.1 Å². The largest absolute Gasteiger partial charge is 0.493 e. The number of esters is 1. The second kappa shape index (κ2) is 11.5. The molecule has 0 saturated heterocycles. The summed E-state index contributed by atoms with van der Waals surface area (Å²) in [6.07, 6.45) is 8.94. The van der Waals surface area contributed by atoms with Crippen molar-refractivity contribution in [3.63, 3.8) is 0 Å². The Balaban J connectivity index is 1.84. The van der Waals surface area contributed by atoms with Gasteiger partial charge in [-0.15, -0.1) is 11.3 Å². The van der Waals surface area contributed by atoms with Crippen LogP contribution >= 0.6 is 11.3 Å². The van der Waals surface area contributed by atoms with E-state index < -0.39 is 5.41 Å². The fourth-order valence-corrected chi connectivity index (χ4v) is 4.51.